The molecule has 1 aromatic rings. The number of ether oxygens (including phenoxy) is 1. The molecule has 2 rings (SSSR count). The Balaban J connectivity index is 2.12. The molecule has 2 atom stereocenters. The van der Waals surface area contributed by atoms with Gasteiger partial charge in [-0.05, 0) is 43.4 Å². The molecule has 0 saturated carbocycles. The Labute approximate surface area is 191 Å². The maximum absolute atomic E-state index is 13.6. The lowest BCUT2D eigenvalue weighted by Gasteiger charge is -2.22. The van der Waals surface area contributed by atoms with E-state index in [-0.39, 0.29) is 23.2 Å². The molecule has 5 N–H and O–H groups in total. The predicted molar refractivity (Wildman–Crippen MR) is 116 cm³/mol. The number of nitrogens with two attached hydrogens (primary N) is 1. The highest BCUT2D eigenvalue weighted by atomic mass is 19.2. The highest BCUT2D eigenvalue weighted by Crippen LogP contribution is 2.27. The number of nitrogens with one attached hydrogen (secondary N) is 2. The van der Waals surface area contributed by atoms with Gasteiger partial charge >= 0.3 is 0 Å². The number of rotatable bonds is 13. The molecule has 0 heterocycles. The summed E-state index contributed by atoms with van der Waals surface area (Å²) in [7, 11) is 2.62. The van der Waals surface area contributed by atoms with Crippen molar-refractivity contribution >= 4 is 18.1 Å². The van der Waals surface area contributed by atoms with Gasteiger partial charge in [0, 0.05) is 18.8 Å². The van der Waals surface area contributed by atoms with E-state index in [9.17, 15) is 24.0 Å². The molecule has 182 valence electrons. The Hall–Kier alpha value is -3.06. The summed E-state index contributed by atoms with van der Waals surface area (Å²) in [5.41, 5.74) is 1.59. The molecule has 1 unspecified atom stereocenters. The van der Waals surface area contributed by atoms with Gasteiger partial charge in [-0.1, -0.05) is 17.7 Å². The number of hydrazine groups is 1. The molecule has 0 bridgehead atoms. The third-order valence-corrected chi connectivity index (χ3v) is 4.93. The number of aldehydes is 1. The molecule has 2 amide bonds. The van der Waals surface area contributed by atoms with Gasteiger partial charge in [0.05, 0.1) is 13.2 Å². The van der Waals surface area contributed by atoms with Crippen LogP contribution in [-0.2, 0) is 25.7 Å². The van der Waals surface area contributed by atoms with Crippen LogP contribution in [0.4, 0.5) is 4.48 Å². The minimum absolute atomic E-state index is 0.0344. The van der Waals surface area contributed by atoms with Crippen molar-refractivity contribution < 1.29 is 33.6 Å². The molecule has 0 radical (unpaired) electrons. The number of aromatic hydroxyl groups is 1. The van der Waals surface area contributed by atoms with Gasteiger partial charge in [0.25, 0.3) is 0 Å². The van der Waals surface area contributed by atoms with Crippen LogP contribution in [0.2, 0.25) is 0 Å². The number of nitrogens with zero attached hydrogens (tertiary/aromatic N) is 2. The molecule has 12 heteroatoms. The van der Waals surface area contributed by atoms with Crippen LogP contribution < -0.4 is 21.2 Å². The Bertz CT molecular complexity index is 866. The number of hydroxylamine groups is 2. The van der Waals surface area contributed by atoms with E-state index >= 15 is 0 Å². The molecule has 1 aliphatic carbocycles. The highest BCUT2D eigenvalue weighted by molar-refractivity contribution is 5.89. The van der Waals surface area contributed by atoms with Crippen LogP contribution in [0.3, 0.4) is 0 Å². The maximum atomic E-state index is 13.6. The summed E-state index contributed by atoms with van der Waals surface area (Å²) < 4.78 is 18.6. The predicted octanol–water partition coefficient (Wildman–Crippen LogP) is 0.451. The molecule has 11 nitrogen and oxygen atoms in total. The fraction of sp³-hybridized carbons (Fsp3) is 0.476. The first kappa shape index (κ1) is 26.2. The summed E-state index contributed by atoms with van der Waals surface area (Å²) in [5, 5.41) is 15.3. The number of amides is 2. The van der Waals surface area contributed by atoms with Crippen LogP contribution in [0, 0.1) is 0 Å². The Kier molecular flexibility index (Phi) is 10.2. The standard InChI is InChI=1S/C21H30FN5O6/c1-26(23)33-27(22)12-20(30)25-17(10-15-7-8-19(32-2)18(29)11-15)21(31)24-16(13-28)9-14-5-3-4-6-14/h5,7-8,11,13,16-17,29H,3-4,6,9-10,12,23H2,1-2H3,(H,24,31)(H,25,30)/t16-,17?/m0/s1. The molecule has 0 spiro atoms. The van der Waals surface area contributed by atoms with Gasteiger partial charge in [0.1, 0.15) is 18.9 Å². The zero-order valence-electron chi connectivity index (χ0n) is 18.6. The van der Waals surface area contributed by atoms with Crippen LogP contribution >= 0.6 is 0 Å². The van der Waals surface area contributed by atoms with Crippen LogP contribution in [0.5, 0.6) is 11.5 Å². The first-order valence-corrected chi connectivity index (χ1v) is 10.4. The van der Waals surface area contributed by atoms with Gasteiger partial charge < -0.3 is 25.3 Å². The van der Waals surface area contributed by atoms with Crippen molar-refractivity contribution in [1.29, 1.82) is 0 Å². The number of phenols is 1. The molecular formula is C21H30FN5O6. The fourth-order valence-corrected chi connectivity index (χ4v) is 3.45. The SMILES string of the molecule is COc1ccc(CC(NC(=O)CN(F)ON(C)N)C(=O)N[C@H](C=O)CC2=CCCC2)cc1O. The van der Waals surface area contributed by atoms with E-state index in [0.717, 1.165) is 24.8 Å². The van der Waals surface area contributed by atoms with E-state index in [2.05, 4.69) is 15.6 Å². The molecule has 1 aromatic carbocycles. The van der Waals surface area contributed by atoms with Gasteiger partial charge in [-0.2, -0.15) is 4.94 Å². The quantitative estimate of drug-likeness (QED) is 0.107. The second-order valence-electron chi connectivity index (χ2n) is 7.64. The van der Waals surface area contributed by atoms with Crippen molar-refractivity contribution in [2.24, 2.45) is 5.84 Å². The zero-order chi connectivity index (χ0) is 24.4. The molecule has 0 saturated heterocycles. The number of benzene rings is 1. The zero-order valence-corrected chi connectivity index (χ0v) is 18.6. The van der Waals surface area contributed by atoms with Crippen molar-refractivity contribution in [2.75, 3.05) is 20.7 Å². The topological polar surface area (TPSA) is 146 Å². The summed E-state index contributed by atoms with van der Waals surface area (Å²) in [6.07, 6.45) is 5.85. The number of hydrogen-bond acceptors (Lipinski definition) is 9. The van der Waals surface area contributed by atoms with Crippen molar-refractivity contribution in [3.05, 3.63) is 35.4 Å². The maximum Gasteiger partial charge on any atom is 0.243 e. The second kappa shape index (κ2) is 12.8. The lowest BCUT2D eigenvalue weighted by Crippen LogP contribution is -2.52. The fourth-order valence-electron chi connectivity index (χ4n) is 3.45. The molecule has 0 aromatic heterocycles. The van der Waals surface area contributed by atoms with Gasteiger partial charge in [0.15, 0.2) is 11.5 Å². The first-order chi connectivity index (χ1) is 15.7. The van der Waals surface area contributed by atoms with Crippen LogP contribution in [0.15, 0.2) is 29.8 Å². The Morgan fingerprint density at radius 1 is 1.33 bits per heavy atom. The second-order valence-corrected chi connectivity index (χ2v) is 7.64. The van der Waals surface area contributed by atoms with E-state index in [1.54, 1.807) is 6.07 Å². The molecule has 0 fully saturated rings. The number of allylic oxidation sites excluding steroid dienone is 1. The third kappa shape index (κ3) is 8.77. The van der Waals surface area contributed by atoms with E-state index < -0.39 is 30.4 Å². The number of carbonyl (C=O) groups is 3. The monoisotopic (exact) mass is 467 g/mol. The average Bonchev–Trinajstić information content (AvgIpc) is 3.25. The highest BCUT2D eigenvalue weighted by Gasteiger charge is 2.26. The minimum Gasteiger partial charge on any atom is -0.504 e. The van der Waals surface area contributed by atoms with Crippen LogP contribution in [0.25, 0.3) is 0 Å². The van der Waals surface area contributed by atoms with Crippen molar-refractivity contribution in [3.63, 3.8) is 0 Å². The average molecular weight is 467 g/mol. The van der Waals surface area contributed by atoms with Gasteiger partial charge in [-0.3, -0.25) is 9.59 Å². The number of carbonyl (C=O) groups excluding carboxylic acids is 3. The summed E-state index contributed by atoms with van der Waals surface area (Å²) in [6.45, 7) is -0.858. The van der Waals surface area contributed by atoms with E-state index in [1.165, 1.54) is 26.3 Å². The van der Waals surface area contributed by atoms with Gasteiger partial charge in [-0.25, -0.2) is 5.84 Å². The van der Waals surface area contributed by atoms with Gasteiger partial charge in [0.2, 0.25) is 11.8 Å². The van der Waals surface area contributed by atoms with Crippen LogP contribution in [0.1, 0.15) is 31.2 Å². The van der Waals surface area contributed by atoms with Crippen molar-refractivity contribution in [3.8, 4) is 11.5 Å². The molecular weight excluding hydrogens is 437 g/mol. The first-order valence-electron chi connectivity index (χ1n) is 10.4. The lowest BCUT2D eigenvalue weighted by molar-refractivity contribution is -0.389. The lowest BCUT2D eigenvalue weighted by atomic mass is 10.0. The van der Waals surface area contributed by atoms with Crippen LogP contribution in [-0.4, -0.2) is 66.5 Å². The Morgan fingerprint density at radius 2 is 2.09 bits per heavy atom. The Morgan fingerprint density at radius 3 is 2.67 bits per heavy atom. The van der Waals surface area contributed by atoms with Crippen molar-refractivity contribution in [2.45, 2.75) is 44.2 Å². The molecule has 0 aliphatic heterocycles. The van der Waals surface area contributed by atoms with E-state index in [1.807, 2.05) is 6.08 Å². The normalized spacial score (nSPS) is 15.2. The number of phenolic OH excluding ortho intramolecular Hbond substituents is 1. The summed E-state index contributed by atoms with van der Waals surface area (Å²) in [6, 6.07) is 2.59. The third-order valence-electron chi connectivity index (χ3n) is 4.93. The van der Waals surface area contributed by atoms with Crippen molar-refractivity contribution in [1.82, 2.24) is 21.1 Å². The number of hydrogen-bond donors (Lipinski definition) is 4. The minimum atomic E-state index is -1.16. The van der Waals surface area contributed by atoms with E-state index in [4.69, 9.17) is 10.6 Å². The number of methoxy groups -OCH3 is 1. The largest absolute Gasteiger partial charge is 0.504 e. The number of halogens is 1. The summed E-state index contributed by atoms with van der Waals surface area (Å²) in [4.78, 5) is 41.1. The van der Waals surface area contributed by atoms with E-state index in [0.29, 0.717) is 23.4 Å². The molecule has 1 aliphatic rings. The summed E-state index contributed by atoms with van der Waals surface area (Å²) >= 11 is 0. The summed E-state index contributed by atoms with van der Waals surface area (Å²) in [5.74, 6) is 3.76. The molecule has 33 heavy (non-hydrogen) atoms. The van der Waals surface area contributed by atoms with Gasteiger partial charge in [-0.15, -0.1) is 9.65 Å². The smallest absolute Gasteiger partial charge is 0.243 e.